The summed E-state index contributed by atoms with van der Waals surface area (Å²) in [5.74, 6) is 1.09. The maximum Gasteiger partial charge on any atom is 0.146 e. The normalized spacial score (nSPS) is 11.2. The van der Waals surface area contributed by atoms with Gasteiger partial charge in [-0.15, -0.1) is 15.0 Å². The van der Waals surface area contributed by atoms with Gasteiger partial charge < -0.3 is 9.84 Å². The first-order valence-corrected chi connectivity index (χ1v) is 10.5. The van der Waals surface area contributed by atoms with Gasteiger partial charge in [0.25, 0.3) is 0 Å². The summed E-state index contributed by atoms with van der Waals surface area (Å²) in [7, 11) is 0. The average Bonchev–Trinajstić information content (AvgIpc) is 3.13. The van der Waals surface area contributed by atoms with E-state index in [-0.39, 0.29) is 5.75 Å². The standard InChI is InChI=1S/C23H31N3O2/c1-4-7-9-17-14-18(10-8-5-2)23(27)22(15-17)26-24-20-12-11-19(28-13-6-3)16-21(20)25-26/h11-12,14-16,27H,4-10,13H2,1-3H3. The zero-order valence-corrected chi connectivity index (χ0v) is 17.2. The van der Waals surface area contributed by atoms with Crippen molar-refractivity contribution in [2.45, 2.75) is 65.7 Å². The Kier molecular flexibility index (Phi) is 6.90. The molecule has 28 heavy (non-hydrogen) atoms. The van der Waals surface area contributed by atoms with Gasteiger partial charge in [0.1, 0.15) is 28.2 Å². The van der Waals surface area contributed by atoms with E-state index in [1.807, 2.05) is 24.3 Å². The number of aromatic hydroxyl groups is 1. The number of phenolic OH excluding ortho intramolecular Hbond substituents is 1. The monoisotopic (exact) mass is 381 g/mol. The molecule has 0 aliphatic carbocycles. The molecule has 0 aliphatic heterocycles. The molecule has 1 N–H and O–H groups in total. The van der Waals surface area contributed by atoms with Gasteiger partial charge in [-0.1, -0.05) is 39.7 Å². The Morgan fingerprint density at radius 2 is 1.64 bits per heavy atom. The lowest BCUT2D eigenvalue weighted by molar-refractivity contribution is 0.318. The number of phenols is 1. The van der Waals surface area contributed by atoms with Crippen LogP contribution in [0.15, 0.2) is 30.3 Å². The van der Waals surface area contributed by atoms with E-state index in [9.17, 15) is 5.11 Å². The second kappa shape index (κ2) is 9.58. The van der Waals surface area contributed by atoms with Crippen LogP contribution in [0.5, 0.6) is 11.5 Å². The molecule has 5 nitrogen and oxygen atoms in total. The highest BCUT2D eigenvalue weighted by Crippen LogP contribution is 2.30. The van der Waals surface area contributed by atoms with Gasteiger partial charge in [-0.2, -0.15) is 0 Å². The highest BCUT2D eigenvalue weighted by molar-refractivity contribution is 5.76. The number of aromatic nitrogens is 3. The van der Waals surface area contributed by atoms with Crippen molar-refractivity contribution in [2.75, 3.05) is 6.61 Å². The van der Waals surface area contributed by atoms with Gasteiger partial charge in [0.15, 0.2) is 0 Å². The lowest BCUT2D eigenvalue weighted by Crippen LogP contribution is -2.03. The van der Waals surface area contributed by atoms with Crippen molar-refractivity contribution in [3.05, 3.63) is 41.5 Å². The summed E-state index contributed by atoms with van der Waals surface area (Å²) in [4.78, 5) is 1.56. The molecule has 0 atom stereocenters. The summed E-state index contributed by atoms with van der Waals surface area (Å²) in [5, 5.41) is 20.1. The third-order valence-corrected chi connectivity index (χ3v) is 4.89. The maximum absolute atomic E-state index is 10.9. The van der Waals surface area contributed by atoms with Gasteiger partial charge in [0, 0.05) is 6.07 Å². The summed E-state index contributed by atoms with van der Waals surface area (Å²) in [5.41, 5.74) is 4.43. The predicted octanol–water partition coefficient (Wildman–Crippen LogP) is 5.60. The van der Waals surface area contributed by atoms with Crippen molar-refractivity contribution in [1.82, 2.24) is 15.0 Å². The van der Waals surface area contributed by atoms with Gasteiger partial charge >= 0.3 is 0 Å². The molecule has 5 heteroatoms. The second-order valence-electron chi connectivity index (χ2n) is 7.32. The molecule has 0 amide bonds. The van der Waals surface area contributed by atoms with E-state index in [4.69, 9.17) is 4.74 Å². The number of fused-ring (bicyclic) bond motifs is 1. The SMILES string of the molecule is CCCCc1cc(CCCC)c(O)c(-n2nc3ccc(OCCC)cc3n2)c1. The van der Waals surface area contributed by atoms with E-state index in [0.29, 0.717) is 12.3 Å². The Labute approximate surface area is 167 Å². The number of aryl methyl sites for hydroxylation is 2. The average molecular weight is 382 g/mol. The number of unbranched alkanes of at least 4 members (excludes halogenated alkanes) is 2. The van der Waals surface area contributed by atoms with E-state index in [2.05, 4.69) is 37.0 Å². The lowest BCUT2D eigenvalue weighted by Gasteiger charge is -2.12. The van der Waals surface area contributed by atoms with Crippen LogP contribution < -0.4 is 4.74 Å². The van der Waals surface area contributed by atoms with Gasteiger partial charge in [-0.25, -0.2) is 0 Å². The Morgan fingerprint density at radius 1 is 0.893 bits per heavy atom. The van der Waals surface area contributed by atoms with Gasteiger partial charge in [-0.05, 0) is 61.4 Å². The summed E-state index contributed by atoms with van der Waals surface area (Å²) in [6, 6.07) is 9.91. The zero-order chi connectivity index (χ0) is 19.9. The van der Waals surface area contributed by atoms with Crippen molar-refractivity contribution < 1.29 is 9.84 Å². The van der Waals surface area contributed by atoms with Crippen LogP contribution in [0.1, 0.15) is 64.0 Å². The summed E-state index contributed by atoms with van der Waals surface area (Å²) in [6.45, 7) is 7.12. The van der Waals surface area contributed by atoms with Crippen molar-refractivity contribution in [3.8, 4) is 17.2 Å². The number of hydrogen-bond acceptors (Lipinski definition) is 4. The van der Waals surface area contributed by atoms with Crippen LogP contribution in [-0.2, 0) is 12.8 Å². The van der Waals surface area contributed by atoms with Crippen LogP contribution in [0.2, 0.25) is 0 Å². The molecule has 0 bridgehead atoms. The van der Waals surface area contributed by atoms with Crippen LogP contribution in [-0.4, -0.2) is 26.7 Å². The van der Waals surface area contributed by atoms with E-state index in [0.717, 1.165) is 67.3 Å². The molecular weight excluding hydrogens is 350 g/mol. The van der Waals surface area contributed by atoms with Crippen LogP contribution in [0.4, 0.5) is 0 Å². The Bertz CT molecular complexity index is 918. The molecule has 0 unspecified atom stereocenters. The molecule has 0 fully saturated rings. The largest absolute Gasteiger partial charge is 0.505 e. The Balaban J connectivity index is 2.00. The smallest absolute Gasteiger partial charge is 0.146 e. The van der Waals surface area contributed by atoms with E-state index in [1.165, 1.54) is 5.56 Å². The number of nitrogens with zero attached hydrogens (tertiary/aromatic N) is 3. The molecule has 2 aromatic carbocycles. The van der Waals surface area contributed by atoms with E-state index < -0.39 is 0 Å². The Morgan fingerprint density at radius 3 is 2.39 bits per heavy atom. The highest BCUT2D eigenvalue weighted by Gasteiger charge is 2.15. The quantitative estimate of drug-likeness (QED) is 0.496. The van der Waals surface area contributed by atoms with Crippen molar-refractivity contribution in [3.63, 3.8) is 0 Å². The minimum absolute atomic E-state index is 0.288. The summed E-state index contributed by atoms with van der Waals surface area (Å²) < 4.78 is 5.70. The number of hydrogen-bond donors (Lipinski definition) is 1. The van der Waals surface area contributed by atoms with Crippen LogP contribution in [0.25, 0.3) is 16.7 Å². The number of ether oxygens (including phenoxy) is 1. The molecule has 0 aliphatic rings. The molecule has 3 aromatic rings. The molecule has 0 spiro atoms. The molecule has 0 saturated carbocycles. The third-order valence-electron chi connectivity index (χ3n) is 4.89. The predicted molar refractivity (Wildman–Crippen MR) is 114 cm³/mol. The van der Waals surface area contributed by atoms with Crippen LogP contribution >= 0.6 is 0 Å². The third kappa shape index (κ3) is 4.64. The fourth-order valence-electron chi connectivity index (χ4n) is 3.29. The van der Waals surface area contributed by atoms with E-state index in [1.54, 1.807) is 4.80 Å². The summed E-state index contributed by atoms with van der Waals surface area (Å²) in [6.07, 6.45) is 7.25. The number of rotatable bonds is 10. The van der Waals surface area contributed by atoms with Crippen LogP contribution in [0.3, 0.4) is 0 Å². The van der Waals surface area contributed by atoms with Crippen molar-refractivity contribution in [2.24, 2.45) is 0 Å². The Hall–Kier alpha value is -2.56. The fourth-order valence-corrected chi connectivity index (χ4v) is 3.29. The molecule has 0 radical (unpaired) electrons. The van der Waals surface area contributed by atoms with Gasteiger partial charge in [-0.3, -0.25) is 0 Å². The van der Waals surface area contributed by atoms with Gasteiger partial charge in [0.2, 0.25) is 0 Å². The van der Waals surface area contributed by atoms with Crippen molar-refractivity contribution in [1.29, 1.82) is 0 Å². The minimum atomic E-state index is 0.288. The number of benzene rings is 2. The molecule has 1 aromatic heterocycles. The molecule has 1 heterocycles. The second-order valence-corrected chi connectivity index (χ2v) is 7.32. The molecule has 3 rings (SSSR count). The van der Waals surface area contributed by atoms with E-state index >= 15 is 0 Å². The first kappa shape index (κ1) is 20.2. The summed E-state index contributed by atoms with van der Waals surface area (Å²) >= 11 is 0. The maximum atomic E-state index is 10.9. The molecule has 150 valence electrons. The first-order valence-electron chi connectivity index (χ1n) is 10.5. The van der Waals surface area contributed by atoms with Crippen molar-refractivity contribution >= 4 is 11.0 Å². The fraction of sp³-hybridized carbons (Fsp3) is 0.478. The lowest BCUT2D eigenvalue weighted by atomic mass is 10.00. The topological polar surface area (TPSA) is 60.2 Å². The highest BCUT2D eigenvalue weighted by atomic mass is 16.5. The zero-order valence-electron chi connectivity index (χ0n) is 17.2. The van der Waals surface area contributed by atoms with Crippen LogP contribution in [0, 0.1) is 0 Å². The van der Waals surface area contributed by atoms with Gasteiger partial charge in [0.05, 0.1) is 6.61 Å². The molecule has 0 saturated heterocycles. The first-order chi connectivity index (χ1) is 13.7. The minimum Gasteiger partial charge on any atom is -0.505 e. The molecular formula is C23H31N3O2.